The van der Waals surface area contributed by atoms with E-state index < -0.39 is 0 Å². The van der Waals surface area contributed by atoms with Gasteiger partial charge < -0.3 is 15.0 Å². The number of para-hydroxylation sites is 1. The second-order valence-electron chi connectivity index (χ2n) is 5.83. The number of rotatable bonds is 6. The van der Waals surface area contributed by atoms with E-state index in [2.05, 4.69) is 28.3 Å². The van der Waals surface area contributed by atoms with Gasteiger partial charge in [-0.2, -0.15) is 0 Å². The minimum Gasteiger partial charge on any atom is -0.493 e. The molecule has 2 aromatic rings. The number of benzene rings is 1. The molecule has 5 nitrogen and oxygen atoms in total. The second-order valence-corrected chi connectivity index (χ2v) is 5.83. The van der Waals surface area contributed by atoms with E-state index >= 15 is 0 Å². The van der Waals surface area contributed by atoms with Crippen LogP contribution in [0.2, 0.25) is 0 Å². The lowest BCUT2D eigenvalue weighted by Gasteiger charge is -2.10. The first-order chi connectivity index (χ1) is 11.3. The van der Waals surface area contributed by atoms with Crippen molar-refractivity contribution in [2.75, 3.05) is 13.2 Å². The van der Waals surface area contributed by atoms with Gasteiger partial charge in [-0.25, -0.2) is 4.98 Å². The Balaban J connectivity index is 1.69. The molecule has 1 aliphatic heterocycles. The molecule has 0 saturated carbocycles. The third-order valence-corrected chi connectivity index (χ3v) is 4.00. The van der Waals surface area contributed by atoms with Crippen LogP contribution in [0, 0.1) is 0 Å². The van der Waals surface area contributed by atoms with Crippen molar-refractivity contribution in [1.29, 1.82) is 0 Å². The standard InChI is InChI=1S/C18H23N3O2/c1-2-12-23-15-8-4-3-6-13(15)9-10-16-20-14-7-5-11-19-18(22)17(14)21-16/h3-4,6,8H,2,5,7,9-12H2,1H3,(H,19,22)(H,20,21). The Morgan fingerprint density at radius 1 is 1.26 bits per heavy atom. The summed E-state index contributed by atoms with van der Waals surface area (Å²) in [7, 11) is 0. The number of carbonyl (C=O) groups is 1. The molecule has 2 heterocycles. The summed E-state index contributed by atoms with van der Waals surface area (Å²) >= 11 is 0. The quantitative estimate of drug-likeness (QED) is 0.861. The van der Waals surface area contributed by atoms with Crippen molar-refractivity contribution in [3.63, 3.8) is 0 Å². The highest BCUT2D eigenvalue weighted by Gasteiger charge is 2.19. The lowest BCUT2D eigenvalue weighted by molar-refractivity contribution is 0.0951. The molecule has 1 aromatic carbocycles. The van der Waals surface area contributed by atoms with E-state index in [0.717, 1.165) is 62.5 Å². The molecule has 1 aliphatic rings. The number of fused-ring (bicyclic) bond motifs is 1. The summed E-state index contributed by atoms with van der Waals surface area (Å²) in [5.41, 5.74) is 2.70. The maximum atomic E-state index is 12.0. The average molecular weight is 313 g/mol. The number of nitrogens with one attached hydrogen (secondary N) is 2. The first-order valence-electron chi connectivity index (χ1n) is 8.34. The lowest BCUT2D eigenvalue weighted by Crippen LogP contribution is -2.23. The third-order valence-electron chi connectivity index (χ3n) is 4.00. The van der Waals surface area contributed by atoms with Crippen molar-refractivity contribution in [1.82, 2.24) is 15.3 Å². The minimum absolute atomic E-state index is 0.0633. The van der Waals surface area contributed by atoms with Crippen LogP contribution in [0.4, 0.5) is 0 Å². The molecule has 3 rings (SSSR count). The summed E-state index contributed by atoms with van der Waals surface area (Å²) in [5.74, 6) is 1.75. The van der Waals surface area contributed by atoms with Crippen LogP contribution in [0.25, 0.3) is 0 Å². The molecule has 1 amide bonds. The maximum absolute atomic E-state index is 12.0. The number of aryl methyl sites for hydroxylation is 3. The minimum atomic E-state index is -0.0633. The smallest absolute Gasteiger partial charge is 0.271 e. The number of aromatic amines is 1. The summed E-state index contributed by atoms with van der Waals surface area (Å²) in [5, 5.41) is 2.88. The van der Waals surface area contributed by atoms with Crippen molar-refractivity contribution in [3.05, 3.63) is 47.0 Å². The number of aromatic nitrogens is 2. The van der Waals surface area contributed by atoms with E-state index in [1.54, 1.807) is 0 Å². The molecular weight excluding hydrogens is 290 g/mol. The highest BCUT2D eigenvalue weighted by Crippen LogP contribution is 2.20. The van der Waals surface area contributed by atoms with Crippen LogP contribution in [0.5, 0.6) is 5.75 Å². The van der Waals surface area contributed by atoms with Crippen LogP contribution in [0.3, 0.4) is 0 Å². The van der Waals surface area contributed by atoms with E-state index in [-0.39, 0.29) is 5.91 Å². The maximum Gasteiger partial charge on any atom is 0.271 e. The van der Waals surface area contributed by atoms with Gasteiger partial charge in [0.1, 0.15) is 17.3 Å². The predicted octanol–water partition coefficient (Wildman–Crippen LogP) is 2.66. The number of hydrogen-bond acceptors (Lipinski definition) is 3. The Labute approximate surface area is 136 Å². The lowest BCUT2D eigenvalue weighted by atomic mass is 10.1. The highest BCUT2D eigenvalue weighted by atomic mass is 16.5. The van der Waals surface area contributed by atoms with Gasteiger partial charge in [0, 0.05) is 18.7 Å². The number of imidazole rings is 1. The normalized spacial score (nSPS) is 14.0. The van der Waals surface area contributed by atoms with E-state index in [0.29, 0.717) is 5.69 Å². The zero-order chi connectivity index (χ0) is 16.1. The second kappa shape index (κ2) is 7.31. The topological polar surface area (TPSA) is 67.0 Å². The first-order valence-corrected chi connectivity index (χ1v) is 8.34. The number of ether oxygens (including phenoxy) is 1. The van der Waals surface area contributed by atoms with Crippen molar-refractivity contribution in [2.45, 2.75) is 39.0 Å². The highest BCUT2D eigenvalue weighted by molar-refractivity contribution is 5.93. The molecule has 0 radical (unpaired) electrons. The SMILES string of the molecule is CCCOc1ccccc1CCc1nc2c([nH]1)CCCNC2=O. The molecular formula is C18H23N3O2. The molecule has 122 valence electrons. The van der Waals surface area contributed by atoms with Gasteiger partial charge in [-0.05, 0) is 37.3 Å². The van der Waals surface area contributed by atoms with Crippen LogP contribution in [-0.2, 0) is 19.3 Å². The molecule has 0 atom stereocenters. The van der Waals surface area contributed by atoms with Crippen LogP contribution in [0.15, 0.2) is 24.3 Å². The summed E-state index contributed by atoms with van der Waals surface area (Å²) in [6, 6.07) is 8.12. The summed E-state index contributed by atoms with van der Waals surface area (Å²) < 4.78 is 5.79. The molecule has 0 saturated heterocycles. The number of H-pyrrole nitrogens is 1. The van der Waals surface area contributed by atoms with E-state index in [1.165, 1.54) is 5.56 Å². The Hall–Kier alpha value is -2.30. The monoisotopic (exact) mass is 313 g/mol. The number of hydrogen-bond donors (Lipinski definition) is 2. The molecule has 5 heteroatoms. The summed E-state index contributed by atoms with van der Waals surface area (Å²) in [6.45, 7) is 3.55. The van der Waals surface area contributed by atoms with Gasteiger partial charge in [-0.15, -0.1) is 0 Å². The van der Waals surface area contributed by atoms with E-state index in [1.807, 2.05) is 18.2 Å². The number of amides is 1. The largest absolute Gasteiger partial charge is 0.493 e. The molecule has 0 bridgehead atoms. The van der Waals surface area contributed by atoms with Crippen molar-refractivity contribution in [3.8, 4) is 5.75 Å². The van der Waals surface area contributed by atoms with Crippen molar-refractivity contribution < 1.29 is 9.53 Å². The molecule has 1 aromatic heterocycles. The number of nitrogens with zero attached hydrogens (tertiary/aromatic N) is 1. The van der Waals surface area contributed by atoms with Gasteiger partial charge in [0.05, 0.1) is 6.61 Å². The van der Waals surface area contributed by atoms with Crippen LogP contribution in [0.1, 0.15) is 47.3 Å². The zero-order valence-corrected chi connectivity index (χ0v) is 13.5. The molecule has 0 unspecified atom stereocenters. The Bertz CT molecular complexity index is 679. The van der Waals surface area contributed by atoms with Gasteiger partial charge in [0.2, 0.25) is 0 Å². The molecule has 23 heavy (non-hydrogen) atoms. The fraction of sp³-hybridized carbons (Fsp3) is 0.444. The van der Waals surface area contributed by atoms with Gasteiger partial charge in [0.15, 0.2) is 0 Å². The van der Waals surface area contributed by atoms with Crippen LogP contribution >= 0.6 is 0 Å². The summed E-state index contributed by atoms with van der Waals surface area (Å²) in [4.78, 5) is 19.8. The molecule has 0 spiro atoms. The fourth-order valence-electron chi connectivity index (χ4n) is 2.82. The first kappa shape index (κ1) is 15.6. The van der Waals surface area contributed by atoms with Gasteiger partial charge in [-0.3, -0.25) is 4.79 Å². The van der Waals surface area contributed by atoms with E-state index in [4.69, 9.17) is 4.74 Å². The fourth-order valence-corrected chi connectivity index (χ4v) is 2.82. The Morgan fingerprint density at radius 3 is 3.00 bits per heavy atom. The van der Waals surface area contributed by atoms with Crippen LogP contribution in [-0.4, -0.2) is 29.0 Å². The van der Waals surface area contributed by atoms with Gasteiger partial charge in [-0.1, -0.05) is 25.1 Å². The number of carbonyl (C=O) groups excluding carboxylic acids is 1. The third kappa shape index (κ3) is 3.73. The van der Waals surface area contributed by atoms with Crippen LogP contribution < -0.4 is 10.1 Å². The van der Waals surface area contributed by atoms with Crippen molar-refractivity contribution in [2.24, 2.45) is 0 Å². The summed E-state index contributed by atoms with van der Waals surface area (Å²) in [6.07, 6.45) is 4.43. The zero-order valence-electron chi connectivity index (χ0n) is 13.5. The van der Waals surface area contributed by atoms with Gasteiger partial charge in [0.25, 0.3) is 5.91 Å². The van der Waals surface area contributed by atoms with E-state index in [9.17, 15) is 4.79 Å². The molecule has 0 fully saturated rings. The van der Waals surface area contributed by atoms with Gasteiger partial charge >= 0.3 is 0 Å². The predicted molar refractivity (Wildman–Crippen MR) is 88.9 cm³/mol. The molecule has 0 aliphatic carbocycles. The Kier molecular flexibility index (Phi) is 4.95. The van der Waals surface area contributed by atoms with Crippen molar-refractivity contribution >= 4 is 5.91 Å². The Morgan fingerprint density at radius 2 is 2.13 bits per heavy atom. The molecule has 2 N–H and O–H groups in total. The average Bonchev–Trinajstić information content (AvgIpc) is 2.91.